The zero-order valence-corrected chi connectivity index (χ0v) is 24.7. The summed E-state index contributed by atoms with van der Waals surface area (Å²) in [6, 6.07) is 0. The number of carbonyl (C=O) groups is 1. The summed E-state index contributed by atoms with van der Waals surface area (Å²) < 4.78 is 0. The van der Waals surface area contributed by atoms with Gasteiger partial charge in [-0.25, -0.2) is 0 Å². The fourth-order valence-electron chi connectivity index (χ4n) is 8.25. The number of Topliss-reactive ketones (excluding diaryl/α,β-unsaturated/α-hetero) is 1. The van der Waals surface area contributed by atoms with Gasteiger partial charge in [0.05, 0.1) is 0 Å². The molecule has 2 aliphatic carbocycles. The Bertz CT molecular complexity index is 607. The number of allylic oxidation sites excluding steroid dienone is 2. The maximum atomic E-state index is 13.9. The fraction of sp³-hybridized carbons (Fsp3) is 0.912. The Morgan fingerprint density at radius 2 is 1.00 bits per heavy atom. The molecule has 1 heteroatoms. The van der Waals surface area contributed by atoms with E-state index in [1.54, 1.807) is 5.57 Å². The molecule has 0 N–H and O–H groups in total. The van der Waals surface area contributed by atoms with Crippen LogP contribution in [0.25, 0.3) is 0 Å². The summed E-state index contributed by atoms with van der Waals surface area (Å²) >= 11 is 0. The number of hydrogen-bond acceptors (Lipinski definition) is 1. The summed E-state index contributed by atoms with van der Waals surface area (Å²) in [5, 5.41) is 0. The molecule has 0 heterocycles. The zero-order valence-electron chi connectivity index (χ0n) is 24.7. The van der Waals surface area contributed by atoms with E-state index in [2.05, 4.69) is 34.6 Å². The van der Waals surface area contributed by atoms with Crippen LogP contribution in [-0.2, 0) is 4.79 Å². The van der Waals surface area contributed by atoms with Gasteiger partial charge in [0.2, 0.25) is 0 Å². The SMILES string of the molecule is CCCCCC1C(CCCCC)(CCCCC)C2=C(C(=O)CCC2)C1(CCCCC)CCCCC. The second kappa shape index (κ2) is 16.3. The Morgan fingerprint density at radius 1 is 0.571 bits per heavy atom. The number of ketones is 1. The number of carbonyl (C=O) groups excluding carboxylic acids is 1. The quantitative estimate of drug-likeness (QED) is 0.156. The van der Waals surface area contributed by atoms with E-state index in [0.29, 0.717) is 11.2 Å². The summed E-state index contributed by atoms with van der Waals surface area (Å²) in [7, 11) is 0. The van der Waals surface area contributed by atoms with Crippen molar-refractivity contribution < 1.29 is 4.79 Å². The molecule has 2 rings (SSSR count). The molecule has 0 aromatic carbocycles. The molecular formula is C34H62O. The van der Waals surface area contributed by atoms with Crippen molar-refractivity contribution in [3.8, 4) is 0 Å². The molecular weight excluding hydrogens is 424 g/mol. The maximum Gasteiger partial charge on any atom is 0.159 e. The molecule has 2 aliphatic rings. The van der Waals surface area contributed by atoms with Crippen LogP contribution in [0.2, 0.25) is 0 Å². The monoisotopic (exact) mass is 486 g/mol. The van der Waals surface area contributed by atoms with Gasteiger partial charge in [-0.05, 0) is 56.3 Å². The van der Waals surface area contributed by atoms with Crippen molar-refractivity contribution in [2.45, 2.75) is 182 Å². The molecule has 1 nitrogen and oxygen atoms in total. The minimum absolute atomic E-state index is 0.184. The van der Waals surface area contributed by atoms with E-state index < -0.39 is 0 Å². The highest BCUT2D eigenvalue weighted by Gasteiger charge is 2.60. The first-order chi connectivity index (χ1) is 17.1. The topological polar surface area (TPSA) is 17.1 Å². The average molecular weight is 487 g/mol. The van der Waals surface area contributed by atoms with E-state index in [-0.39, 0.29) is 5.41 Å². The Morgan fingerprint density at radius 3 is 1.46 bits per heavy atom. The van der Waals surface area contributed by atoms with E-state index >= 15 is 0 Å². The molecule has 1 unspecified atom stereocenters. The van der Waals surface area contributed by atoms with Gasteiger partial charge < -0.3 is 0 Å². The Balaban J connectivity index is 2.64. The highest BCUT2D eigenvalue weighted by Crippen LogP contribution is 2.68. The van der Waals surface area contributed by atoms with Gasteiger partial charge in [-0.3, -0.25) is 4.79 Å². The van der Waals surface area contributed by atoms with Crippen molar-refractivity contribution in [2.75, 3.05) is 0 Å². The van der Waals surface area contributed by atoms with Crippen molar-refractivity contribution in [3.05, 3.63) is 11.1 Å². The third-order valence-electron chi connectivity index (χ3n) is 9.85. The van der Waals surface area contributed by atoms with Gasteiger partial charge in [0.15, 0.2) is 5.78 Å². The van der Waals surface area contributed by atoms with Crippen molar-refractivity contribution in [1.29, 1.82) is 0 Å². The highest BCUT2D eigenvalue weighted by atomic mass is 16.1. The minimum Gasteiger partial charge on any atom is -0.295 e. The largest absolute Gasteiger partial charge is 0.295 e. The normalized spacial score (nSPS) is 21.1. The molecule has 0 amide bonds. The molecule has 0 radical (unpaired) electrons. The lowest BCUT2D eigenvalue weighted by atomic mass is 9.57. The van der Waals surface area contributed by atoms with Gasteiger partial charge in [0.25, 0.3) is 0 Å². The lowest BCUT2D eigenvalue weighted by Crippen LogP contribution is -2.39. The molecule has 1 atom stereocenters. The molecule has 0 saturated heterocycles. The highest BCUT2D eigenvalue weighted by molar-refractivity contribution is 5.99. The van der Waals surface area contributed by atoms with Gasteiger partial charge in [0, 0.05) is 17.4 Å². The van der Waals surface area contributed by atoms with Crippen LogP contribution in [0.4, 0.5) is 0 Å². The van der Waals surface area contributed by atoms with Crippen LogP contribution in [0, 0.1) is 16.7 Å². The molecule has 0 aromatic rings. The van der Waals surface area contributed by atoms with Crippen molar-refractivity contribution in [3.63, 3.8) is 0 Å². The molecule has 204 valence electrons. The van der Waals surface area contributed by atoms with Crippen LogP contribution < -0.4 is 0 Å². The van der Waals surface area contributed by atoms with E-state index in [1.165, 1.54) is 140 Å². The standard InChI is InChI=1S/C34H62O/c1-6-11-16-24-31-33(25-17-12-7-2,26-18-13-8-3)29-22-21-23-30(35)32(29)34(31,27-19-14-9-4)28-20-15-10-5/h31H,6-28H2,1-5H3. The third kappa shape index (κ3) is 7.47. The first-order valence-electron chi connectivity index (χ1n) is 16.3. The summed E-state index contributed by atoms with van der Waals surface area (Å²) in [5.74, 6) is 1.30. The summed E-state index contributed by atoms with van der Waals surface area (Å²) in [4.78, 5) is 13.9. The maximum absolute atomic E-state index is 13.9. The van der Waals surface area contributed by atoms with E-state index in [0.717, 1.165) is 18.8 Å². The molecule has 0 aromatic heterocycles. The van der Waals surface area contributed by atoms with Crippen LogP contribution in [0.1, 0.15) is 182 Å². The zero-order chi connectivity index (χ0) is 25.6. The minimum atomic E-state index is 0.184. The fourth-order valence-corrected chi connectivity index (χ4v) is 8.25. The van der Waals surface area contributed by atoms with Crippen LogP contribution >= 0.6 is 0 Å². The van der Waals surface area contributed by atoms with Crippen LogP contribution in [0.5, 0.6) is 0 Å². The number of hydrogen-bond donors (Lipinski definition) is 0. The van der Waals surface area contributed by atoms with Crippen molar-refractivity contribution >= 4 is 5.78 Å². The lowest BCUT2D eigenvalue weighted by Gasteiger charge is -2.47. The molecule has 0 bridgehead atoms. The first kappa shape index (κ1) is 30.6. The summed E-state index contributed by atoms with van der Waals surface area (Å²) in [6.07, 6.45) is 29.7. The predicted octanol–water partition coefficient (Wildman–Crippen LogP) is 11.5. The van der Waals surface area contributed by atoms with Gasteiger partial charge >= 0.3 is 0 Å². The Kier molecular flexibility index (Phi) is 14.3. The van der Waals surface area contributed by atoms with Gasteiger partial charge in [-0.1, -0.05) is 137 Å². The van der Waals surface area contributed by atoms with Gasteiger partial charge in [-0.2, -0.15) is 0 Å². The van der Waals surface area contributed by atoms with E-state index in [4.69, 9.17) is 0 Å². The van der Waals surface area contributed by atoms with Crippen LogP contribution in [0.3, 0.4) is 0 Å². The second-order valence-corrected chi connectivity index (χ2v) is 12.3. The predicted molar refractivity (Wildman–Crippen MR) is 155 cm³/mol. The molecule has 0 saturated carbocycles. The summed E-state index contributed by atoms with van der Waals surface area (Å²) in [6.45, 7) is 11.7. The van der Waals surface area contributed by atoms with Gasteiger partial charge in [0.1, 0.15) is 0 Å². The van der Waals surface area contributed by atoms with Crippen molar-refractivity contribution in [2.24, 2.45) is 16.7 Å². The number of unbranched alkanes of at least 4 members (excludes halogenated alkanes) is 10. The van der Waals surface area contributed by atoms with E-state index in [9.17, 15) is 4.79 Å². The smallest absolute Gasteiger partial charge is 0.159 e. The van der Waals surface area contributed by atoms with Gasteiger partial charge in [-0.15, -0.1) is 0 Å². The molecule has 0 spiro atoms. The van der Waals surface area contributed by atoms with Crippen molar-refractivity contribution in [1.82, 2.24) is 0 Å². The molecule has 0 fully saturated rings. The first-order valence-corrected chi connectivity index (χ1v) is 16.3. The second-order valence-electron chi connectivity index (χ2n) is 12.3. The third-order valence-corrected chi connectivity index (χ3v) is 9.85. The average Bonchev–Trinajstić information content (AvgIpc) is 3.07. The van der Waals surface area contributed by atoms with Crippen LogP contribution in [0.15, 0.2) is 11.1 Å². The molecule has 0 aliphatic heterocycles. The summed E-state index contributed by atoms with van der Waals surface area (Å²) in [5.41, 5.74) is 3.66. The lowest BCUT2D eigenvalue weighted by molar-refractivity contribution is -0.117. The Labute approximate surface area is 220 Å². The Hall–Kier alpha value is -0.590. The molecule has 35 heavy (non-hydrogen) atoms. The number of rotatable bonds is 20. The van der Waals surface area contributed by atoms with Crippen LogP contribution in [-0.4, -0.2) is 5.78 Å². The van der Waals surface area contributed by atoms with E-state index in [1.807, 2.05) is 0 Å².